The van der Waals surface area contributed by atoms with E-state index < -0.39 is 5.97 Å². The summed E-state index contributed by atoms with van der Waals surface area (Å²) in [4.78, 5) is 16.8. The molecule has 0 aliphatic rings. The molecule has 0 fully saturated rings. The van der Waals surface area contributed by atoms with Crippen molar-refractivity contribution in [3.8, 4) is 10.6 Å². The third kappa shape index (κ3) is 2.43. The Hall–Kier alpha value is -1.68. The summed E-state index contributed by atoms with van der Waals surface area (Å²) < 4.78 is 0. The second-order valence-corrected chi connectivity index (χ2v) is 5.13. The smallest absolute Gasteiger partial charge is 0.337 e. The number of rotatable bonds is 4. The molecule has 0 unspecified atom stereocenters. The van der Waals surface area contributed by atoms with Crippen molar-refractivity contribution < 1.29 is 9.90 Å². The maximum absolute atomic E-state index is 11.2. The minimum absolute atomic E-state index is 0.328. The normalized spacial score (nSPS) is 10.6. The molecule has 1 N–H and O–H groups in total. The lowest BCUT2D eigenvalue weighted by atomic mass is 10.0. The van der Waals surface area contributed by atoms with Crippen molar-refractivity contribution in [2.24, 2.45) is 0 Å². The third-order valence-electron chi connectivity index (χ3n) is 2.76. The van der Waals surface area contributed by atoms with Crippen LogP contribution in [0.3, 0.4) is 0 Å². The van der Waals surface area contributed by atoms with Crippen LogP contribution in [0.5, 0.6) is 0 Å². The fourth-order valence-electron chi connectivity index (χ4n) is 1.93. The topological polar surface area (TPSA) is 50.2 Å². The molecule has 0 saturated heterocycles. The van der Waals surface area contributed by atoms with Gasteiger partial charge in [-0.25, -0.2) is 4.79 Å². The average molecular weight is 261 g/mol. The summed E-state index contributed by atoms with van der Waals surface area (Å²) in [6, 6.07) is 5.72. The summed E-state index contributed by atoms with van der Waals surface area (Å²) in [5.74, 6) is -0.897. The van der Waals surface area contributed by atoms with Gasteiger partial charge in [0.1, 0.15) is 0 Å². The van der Waals surface area contributed by atoms with Gasteiger partial charge in [0.15, 0.2) is 0 Å². The van der Waals surface area contributed by atoms with Crippen LogP contribution >= 0.6 is 11.3 Å². The van der Waals surface area contributed by atoms with Crippen molar-refractivity contribution in [2.75, 3.05) is 0 Å². The fraction of sp³-hybridized carbons (Fsp3) is 0.286. The molecular weight excluding hydrogens is 246 g/mol. The lowest BCUT2D eigenvalue weighted by Gasteiger charge is -2.09. The third-order valence-corrected chi connectivity index (χ3v) is 3.64. The van der Waals surface area contributed by atoms with Crippen LogP contribution < -0.4 is 0 Å². The zero-order valence-corrected chi connectivity index (χ0v) is 11.3. The molecule has 94 valence electrons. The first kappa shape index (κ1) is 12.8. The van der Waals surface area contributed by atoms with Crippen molar-refractivity contribution in [3.63, 3.8) is 0 Å². The summed E-state index contributed by atoms with van der Waals surface area (Å²) in [5, 5.41) is 11.2. The van der Waals surface area contributed by atoms with Crippen LogP contribution in [0.15, 0.2) is 23.6 Å². The van der Waals surface area contributed by atoms with Crippen LogP contribution in [0.2, 0.25) is 0 Å². The van der Waals surface area contributed by atoms with Gasteiger partial charge in [-0.3, -0.25) is 4.98 Å². The molecule has 0 bridgehead atoms. The van der Waals surface area contributed by atoms with Crippen molar-refractivity contribution >= 4 is 17.3 Å². The number of hydrogen-bond acceptors (Lipinski definition) is 3. The minimum atomic E-state index is -0.897. The SMILES string of the molecule is CCCc1nc(-c2cccs2)c(C)cc1C(=O)O. The first-order chi connectivity index (χ1) is 8.63. The molecule has 2 heterocycles. The van der Waals surface area contributed by atoms with Gasteiger partial charge in [0.25, 0.3) is 0 Å². The highest BCUT2D eigenvalue weighted by atomic mass is 32.1. The van der Waals surface area contributed by atoms with Crippen LogP contribution in [0.1, 0.15) is 35.0 Å². The average Bonchev–Trinajstić information content (AvgIpc) is 2.84. The lowest BCUT2D eigenvalue weighted by Crippen LogP contribution is -2.07. The van der Waals surface area contributed by atoms with E-state index in [2.05, 4.69) is 4.98 Å². The van der Waals surface area contributed by atoms with Crippen LogP contribution in [0.25, 0.3) is 10.6 Å². The summed E-state index contributed by atoms with van der Waals surface area (Å²) in [5.41, 5.74) is 2.82. The maximum atomic E-state index is 11.2. The zero-order chi connectivity index (χ0) is 13.1. The monoisotopic (exact) mass is 261 g/mol. The van der Waals surface area contributed by atoms with E-state index in [0.717, 1.165) is 22.6 Å². The summed E-state index contributed by atoms with van der Waals surface area (Å²) >= 11 is 1.62. The largest absolute Gasteiger partial charge is 0.478 e. The minimum Gasteiger partial charge on any atom is -0.478 e. The second-order valence-electron chi connectivity index (χ2n) is 4.18. The molecule has 0 saturated carbocycles. The molecule has 4 heteroatoms. The molecule has 2 rings (SSSR count). The van der Waals surface area contributed by atoms with Gasteiger partial charge in [0, 0.05) is 0 Å². The van der Waals surface area contributed by atoms with E-state index in [9.17, 15) is 9.90 Å². The Morgan fingerprint density at radius 1 is 1.50 bits per heavy atom. The van der Waals surface area contributed by atoms with Crippen molar-refractivity contribution in [1.82, 2.24) is 4.98 Å². The predicted octanol–water partition coefficient (Wildman–Crippen LogP) is 3.77. The first-order valence-corrected chi connectivity index (χ1v) is 6.79. The predicted molar refractivity (Wildman–Crippen MR) is 73.2 cm³/mol. The van der Waals surface area contributed by atoms with E-state index in [1.165, 1.54) is 0 Å². The van der Waals surface area contributed by atoms with E-state index in [4.69, 9.17) is 0 Å². The number of hydrogen-bond donors (Lipinski definition) is 1. The number of thiophene rings is 1. The van der Waals surface area contributed by atoms with Crippen LogP contribution in [-0.2, 0) is 6.42 Å². The Balaban J connectivity index is 2.56. The Morgan fingerprint density at radius 3 is 2.83 bits per heavy atom. The first-order valence-electron chi connectivity index (χ1n) is 5.91. The highest BCUT2D eigenvalue weighted by Crippen LogP contribution is 2.28. The Bertz CT molecular complexity index is 561. The van der Waals surface area contributed by atoms with Gasteiger partial charge in [-0.05, 0) is 36.4 Å². The molecule has 0 aliphatic heterocycles. The lowest BCUT2D eigenvalue weighted by molar-refractivity contribution is 0.0695. The van der Waals surface area contributed by atoms with Gasteiger partial charge in [0.2, 0.25) is 0 Å². The molecule has 0 amide bonds. The number of aryl methyl sites for hydroxylation is 2. The zero-order valence-electron chi connectivity index (χ0n) is 10.4. The molecule has 0 atom stereocenters. The van der Waals surface area contributed by atoms with Gasteiger partial charge in [-0.2, -0.15) is 0 Å². The highest BCUT2D eigenvalue weighted by Gasteiger charge is 2.15. The molecule has 18 heavy (non-hydrogen) atoms. The van der Waals surface area contributed by atoms with Gasteiger partial charge in [-0.15, -0.1) is 11.3 Å². The van der Waals surface area contributed by atoms with Crippen LogP contribution in [-0.4, -0.2) is 16.1 Å². The number of aromatic nitrogens is 1. The number of aromatic carboxylic acids is 1. The summed E-state index contributed by atoms with van der Waals surface area (Å²) in [6.07, 6.45) is 1.58. The summed E-state index contributed by atoms with van der Waals surface area (Å²) in [7, 11) is 0. The molecule has 2 aromatic heterocycles. The highest BCUT2D eigenvalue weighted by molar-refractivity contribution is 7.13. The Kier molecular flexibility index (Phi) is 3.77. The molecule has 0 aliphatic carbocycles. The van der Waals surface area contributed by atoms with E-state index in [0.29, 0.717) is 17.7 Å². The number of carbonyl (C=O) groups is 1. The Labute approximate surface area is 110 Å². The van der Waals surface area contributed by atoms with Crippen LogP contribution in [0, 0.1) is 6.92 Å². The molecule has 0 aromatic carbocycles. The Morgan fingerprint density at radius 2 is 2.28 bits per heavy atom. The second kappa shape index (κ2) is 5.31. The number of pyridine rings is 1. The van der Waals surface area contributed by atoms with Crippen molar-refractivity contribution in [1.29, 1.82) is 0 Å². The van der Waals surface area contributed by atoms with E-state index in [1.54, 1.807) is 17.4 Å². The summed E-state index contributed by atoms with van der Waals surface area (Å²) in [6.45, 7) is 3.93. The van der Waals surface area contributed by atoms with Gasteiger partial charge >= 0.3 is 5.97 Å². The van der Waals surface area contributed by atoms with Gasteiger partial charge in [-0.1, -0.05) is 19.4 Å². The number of carboxylic acid groups (broad SMARTS) is 1. The van der Waals surface area contributed by atoms with Crippen LogP contribution in [0.4, 0.5) is 0 Å². The molecule has 0 spiro atoms. The quantitative estimate of drug-likeness (QED) is 0.911. The fourth-order valence-corrected chi connectivity index (χ4v) is 2.71. The van der Waals surface area contributed by atoms with Gasteiger partial charge in [0.05, 0.1) is 21.8 Å². The van der Waals surface area contributed by atoms with E-state index in [1.807, 2.05) is 31.4 Å². The molecule has 3 nitrogen and oxygen atoms in total. The van der Waals surface area contributed by atoms with Crippen molar-refractivity contribution in [2.45, 2.75) is 26.7 Å². The molecule has 0 radical (unpaired) electrons. The standard InChI is InChI=1S/C14H15NO2S/c1-3-5-11-10(14(16)17)8-9(2)13(15-11)12-6-4-7-18-12/h4,6-8H,3,5H2,1-2H3,(H,16,17). The maximum Gasteiger partial charge on any atom is 0.337 e. The van der Waals surface area contributed by atoms with E-state index >= 15 is 0 Å². The number of carboxylic acids is 1. The number of nitrogens with zero attached hydrogens (tertiary/aromatic N) is 1. The molecular formula is C14H15NO2S. The van der Waals surface area contributed by atoms with E-state index in [-0.39, 0.29) is 0 Å². The van der Waals surface area contributed by atoms with Gasteiger partial charge < -0.3 is 5.11 Å². The van der Waals surface area contributed by atoms with Crippen molar-refractivity contribution in [3.05, 3.63) is 40.4 Å². The molecule has 2 aromatic rings.